The molecule has 0 amide bonds. The van der Waals surface area contributed by atoms with Crippen LogP contribution in [0.5, 0.6) is 0 Å². The summed E-state index contributed by atoms with van der Waals surface area (Å²) in [5.74, 6) is 0.574. The highest BCUT2D eigenvalue weighted by molar-refractivity contribution is 14.0. The van der Waals surface area contributed by atoms with Crippen molar-refractivity contribution < 1.29 is 13.2 Å². The predicted molar refractivity (Wildman–Crippen MR) is 107 cm³/mol. The van der Waals surface area contributed by atoms with Crippen molar-refractivity contribution in [3.05, 3.63) is 35.4 Å². The summed E-state index contributed by atoms with van der Waals surface area (Å²) >= 11 is 0. The molecule has 0 bridgehead atoms. The summed E-state index contributed by atoms with van der Waals surface area (Å²) in [5.41, 5.74) is -0.0792. The molecule has 0 heterocycles. The van der Waals surface area contributed by atoms with Crippen LogP contribution in [-0.2, 0) is 12.7 Å². The molecule has 1 unspecified atom stereocenters. The number of alkyl halides is 3. The molecule has 0 saturated carbocycles. The Bertz CT molecular complexity index is 535. The largest absolute Gasteiger partial charge is 0.416 e. The van der Waals surface area contributed by atoms with Crippen molar-refractivity contribution in [1.82, 2.24) is 15.5 Å². The molecule has 0 fully saturated rings. The minimum absolute atomic E-state index is 0. The third kappa shape index (κ3) is 8.75. The Morgan fingerprint density at radius 1 is 1.28 bits per heavy atom. The van der Waals surface area contributed by atoms with Crippen LogP contribution in [0.25, 0.3) is 0 Å². The van der Waals surface area contributed by atoms with Crippen LogP contribution >= 0.6 is 24.0 Å². The molecule has 1 rings (SSSR count). The topological polar surface area (TPSA) is 39.7 Å². The Hall–Kier alpha value is -1.03. The molecular formula is C17H28F3IN4. The van der Waals surface area contributed by atoms with Gasteiger partial charge < -0.3 is 15.5 Å². The molecule has 8 heteroatoms. The van der Waals surface area contributed by atoms with E-state index in [0.717, 1.165) is 25.1 Å². The van der Waals surface area contributed by atoms with E-state index in [-0.39, 0.29) is 30.5 Å². The van der Waals surface area contributed by atoms with Gasteiger partial charge in [-0.25, -0.2) is 0 Å². The number of halogens is 4. The highest BCUT2D eigenvalue weighted by Gasteiger charge is 2.30. The fourth-order valence-corrected chi connectivity index (χ4v) is 2.15. The van der Waals surface area contributed by atoms with Crippen LogP contribution in [0, 0.1) is 0 Å². The van der Waals surface area contributed by atoms with Gasteiger partial charge in [0.2, 0.25) is 0 Å². The summed E-state index contributed by atoms with van der Waals surface area (Å²) in [5, 5.41) is 6.20. The minimum atomic E-state index is -4.32. The lowest BCUT2D eigenvalue weighted by Gasteiger charge is -2.24. The first-order chi connectivity index (χ1) is 11.3. The van der Waals surface area contributed by atoms with E-state index in [1.807, 2.05) is 0 Å². The molecule has 1 atom stereocenters. The summed E-state index contributed by atoms with van der Waals surface area (Å²) in [6, 6.07) is 5.80. The van der Waals surface area contributed by atoms with E-state index in [0.29, 0.717) is 24.1 Å². The van der Waals surface area contributed by atoms with E-state index in [4.69, 9.17) is 0 Å². The molecule has 0 aliphatic carbocycles. The van der Waals surface area contributed by atoms with Crippen molar-refractivity contribution in [3.8, 4) is 0 Å². The Labute approximate surface area is 165 Å². The summed E-state index contributed by atoms with van der Waals surface area (Å²) < 4.78 is 38.1. The number of nitrogens with one attached hydrogen (secondary N) is 2. The van der Waals surface area contributed by atoms with Crippen molar-refractivity contribution in [2.45, 2.75) is 39.0 Å². The van der Waals surface area contributed by atoms with Crippen molar-refractivity contribution in [1.29, 1.82) is 0 Å². The summed E-state index contributed by atoms with van der Waals surface area (Å²) in [6.45, 7) is 6.16. The molecule has 2 N–H and O–H groups in total. The number of benzene rings is 1. The highest BCUT2D eigenvalue weighted by atomic mass is 127. The van der Waals surface area contributed by atoms with Crippen LogP contribution in [-0.4, -0.2) is 44.1 Å². The first kappa shape index (κ1) is 24.0. The monoisotopic (exact) mass is 472 g/mol. The van der Waals surface area contributed by atoms with Gasteiger partial charge in [0.15, 0.2) is 5.96 Å². The number of hydrogen-bond acceptors (Lipinski definition) is 2. The third-order valence-electron chi connectivity index (χ3n) is 4.04. The van der Waals surface area contributed by atoms with Crippen molar-refractivity contribution >= 4 is 29.9 Å². The summed E-state index contributed by atoms with van der Waals surface area (Å²) in [7, 11) is 3.70. The van der Waals surface area contributed by atoms with Gasteiger partial charge in [-0.1, -0.05) is 19.1 Å². The number of rotatable bonds is 7. The predicted octanol–water partition coefficient (Wildman–Crippen LogP) is 3.72. The lowest BCUT2D eigenvalue weighted by Crippen LogP contribution is -2.42. The lowest BCUT2D eigenvalue weighted by atomic mass is 10.1. The fourth-order valence-electron chi connectivity index (χ4n) is 2.15. The average Bonchev–Trinajstić information content (AvgIpc) is 2.56. The number of aliphatic imine (C=N–C) groups is 1. The fraction of sp³-hybridized carbons (Fsp3) is 0.588. The minimum Gasteiger partial charge on any atom is -0.355 e. The van der Waals surface area contributed by atoms with Crippen LogP contribution in [0.1, 0.15) is 31.4 Å². The van der Waals surface area contributed by atoms with E-state index in [1.54, 1.807) is 13.1 Å². The van der Waals surface area contributed by atoms with E-state index in [1.165, 1.54) is 6.07 Å². The Kier molecular flexibility index (Phi) is 11.1. The molecule has 0 spiro atoms. The molecule has 25 heavy (non-hydrogen) atoms. The summed E-state index contributed by atoms with van der Waals surface area (Å²) in [4.78, 5) is 6.33. The van der Waals surface area contributed by atoms with Gasteiger partial charge in [0.25, 0.3) is 0 Å². The second-order valence-electron chi connectivity index (χ2n) is 5.79. The Morgan fingerprint density at radius 2 is 1.96 bits per heavy atom. The van der Waals surface area contributed by atoms with Gasteiger partial charge in [0, 0.05) is 32.7 Å². The van der Waals surface area contributed by atoms with Crippen LogP contribution in [0.4, 0.5) is 13.2 Å². The molecule has 4 nitrogen and oxygen atoms in total. The van der Waals surface area contributed by atoms with Gasteiger partial charge in [-0.05, 0) is 38.1 Å². The molecule has 0 radical (unpaired) electrons. The number of guanidine groups is 1. The molecule has 1 aromatic rings. The van der Waals surface area contributed by atoms with Gasteiger partial charge in [-0.15, -0.1) is 24.0 Å². The Balaban J connectivity index is 0.00000576. The van der Waals surface area contributed by atoms with Gasteiger partial charge >= 0.3 is 6.18 Å². The molecule has 0 aromatic heterocycles. The number of likely N-dealkylation sites (N-methyl/N-ethyl adjacent to an activating group) is 1. The van der Waals surface area contributed by atoms with E-state index in [2.05, 4.69) is 41.4 Å². The molecule has 0 aliphatic rings. The SMILES string of the molecule is CCC(C)N(C)CCNC(=NC)NCc1cccc(C(F)(F)F)c1.I. The van der Waals surface area contributed by atoms with Crippen LogP contribution in [0.3, 0.4) is 0 Å². The van der Waals surface area contributed by atoms with E-state index >= 15 is 0 Å². The van der Waals surface area contributed by atoms with Gasteiger partial charge in [-0.3, -0.25) is 4.99 Å². The van der Waals surface area contributed by atoms with Gasteiger partial charge in [-0.2, -0.15) is 13.2 Å². The van der Waals surface area contributed by atoms with Gasteiger partial charge in [0.05, 0.1) is 5.56 Å². The third-order valence-corrected chi connectivity index (χ3v) is 4.04. The molecule has 144 valence electrons. The van der Waals surface area contributed by atoms with Gasteiger partial charge in [0.1, 0.15) is 0 Å². The van der Waals surface area contributed by atoms with E-state index in [9.17, 15) is 13.2 Å². The van der Waals surface area contributed by atoms with Crippen LogP contribution in [0.2, 0.25) is 0 Å². The lowest BCUT2D eigenvalue weighted by molar-refractivity contribution is -0.137. The molecule has 0 saturated heterocycles. The average molecular weight is 472 g/mol. The van der Waals surface area contributed by atoms with Crippen molar-refractivity contribution in [3.63, 3.8) is 0 Å². The zero-order valence-electron chi connectivity index (χ0n) is 15.2. The van der Waals surface area contributed by atoms with Crippen LogP contribution < -0.4 is 10.6 Å². The summed E-state index contributed by atoms with van der Waals surface area (Å²) in [6.07, 6.45) is -3.24. The van der Waals surface area contributed by atoms with Crippen LogP contribution in [0.15, 0.2) is 29.3 Å². The van der Waals surface area contributed by atoms with Crippen molar-refractivity contribution in [2.24, 2.45) is 4.99 Å². The zero-order valence-corrected chi connectivity index (χ0v) is 17.5. The maximum absolute atomic E-state index is 12.7. The second kappa shape index (κ2) is 11.6. The second-order valence-corrected chi connectivity index (χ2v) is 5.79. The maximum atomic E-state index is 12.7. The standard InChI is InChI=1S/C17H27F3N4.HI/c1-5-13(2)24(4)10-9-22-16(21-3)23-12-14-7-6-8-15(11-14)17(18,19)20;/h6-8,11,13H,5,9-10,12H2,1-4H3,(H2,21,22,23);1H. The highest BCUT2D eigenvalue weighted by Crippen LogP contribution is 2.29. The van der Waals surface area contributed by atoms with Crippen molar-refractivity contribution in [2.75, 3.05) is 27.2 Å². The number of hydrogen-bond donors (Lipinski definition) is 2. The smallest absolute Gasteiger partial charge is 0.355 e. The first-order valence-corrected chi connectivity index (χ1v) is 8.08. The first-order valence-electron chi connectivity index (χ1n) is 8.08. The normalized spacial score (nSPS) is 13.4. The quantitative estimate of drug-likeness (QED) is 0.361. The number of nitrogens with zero attached hydrogens (tertiary/aromatic N) is 2. The Morgan fingerprint density at radius 3 is 2.52 bits per heavy atom. The maximum Gasteiger partial charge on any atom is 0.416 e. The molecular weight excluding hydrogens is 444 g/mol. The molecule has 0 aliphatic heterocycles. The molecule has 1 aromatic carbocycles. The zero-order chi connectivity index (χ0) is 18.2. The van der Waals surface area contributed by atoms with E-state index < -0.39 is 11.7 Å².